The summed E-state index contributed by atoms with van der Waals surface area (Å²) in [5.41, 5.74) is 12.2. The molecule has 0 aromatic carbocycles. The van der Waals surface area contributed by atoms with Crippen LogP contribution in [0.15, 0.2) is 55.4 Å². The van der Waals surface area contributed by atoms with Crippen molar-refractivity contribution in [2.45, 2.75) is 6.42 Å². The van der Waals surface area contributed by atoms with Gasteiger partial charge in [0.05, 0.1) is 11.4 Å². The minimum atomic E-state index is -0.496. The molecular formula is C21H27ClN8O4. The molecule has 0 radical (unpaired) electrons. The SMILES string of the molecule is CN(CCC(N)=O)C(=O)n1ccc(N(C)C(=O)n2ccc(N(C)C(=O)n3ccc(N)c3)c2)c1.Cl. The summed E-state index contributed by atoms with van der Waals surface area (Å²) >= 11 is 0. The molecule has 0 aliphatic carbocycles. The number of anilines is 3. The number of nitrogen functional groups attached to an aromatic ring is 1. The normalized spacial score (nSPS) is 10.3. The number of halogens is 1. The molecule has 4 N–H and O–H groups in total. The van der Waals surface area contributed by atoms with Gasteiger partial charge in [-0.3, -0.25) is 28.3 Å². The molecule has 12 nitrogen and oxygen atoms in total. The number of amides is 4. The molecule has 4 amide bonds. The predicted molar refractivity (Wildman–Crippen MR) is 131 cm³/mol. The lowest BCUT2D eigenvalue weighted by Gasteiger charge is -2.18. The first-order valence-corrected chi connectivity index (χ1v) is 9.98. The van der Waals surface area contributed by atoms with Crippen LogP contribution in [0.3, 0.4) is 0 Å². The fraction of sp³-hybridized carbons (Fsp3) is 0.238. The van der Waals surface area contributed by atoms with E-state index >= 15 is 0 Å². The zero-order chi connectivity index (χ0) is 24.3. The molecule has 0 aliphatic rings. The monoisotopic (exact) mass is 490 g/mol. The van der Waals surface area contributed by atoms with Gasteiger partial charge >= 0.3 is 18.1 Å². The average Bonchev–Trinajstić information content (AvgIpc) is 3.55. The van der Waals surface area contributed by atoms with E-state index in [0.29, 0.717) is 17.1 Å². The number of hydrogen-bond donors (Lipinski definition) is 2. The average molecular weight is 491 g/mol. The minimum Gasteiger partial charge on any atom is -0.397 e. The molecule has 0 spiro atoms. The van der Waals surface area contributed by atoms with Gasteiger partial charge < -0.3 is 16.4 Å². The summed E-state index contributed by atoms with van der Waals surface area (Å²) < 4.78 is 4.00. The maximum absolute atomic E-state index is 12.9. The fourth-order valence-corrected chi connectivity index (χ4v) is 3.08. The highest BCUT2D eigenvalue weighted by atomic mass is 35.5. The van der Waals surface area contributed by atoms with Crippen LogP contribution >= 0.6 is 12.4 Å². The third-order valence-corrected chi connectivity index (χ3v) is 5.10. The molecule has 3 heterocycles. The third-order valence-electron chi connectivity index (χ3n) is 5.10. The van der Waals surface area contributed by atoms with Crippen molar-refractivity contribution in [2.75, 3.05) is 43.2 Å². The Labute approximate surface area is 202 Å². The number of hydrogen-bond acceptors (Lipinski definition) is 5. The highest BCUT2D eigenvalue weighted by Gasteiger charge is 2.19. The second-order valence-corrected chi connectivity index (χ2v) is 7.51. The van der Waals surface area contributed by atoms with Gasteiger partial charge in [0.2, 0.25) is 5.91 Å². The largest absolute Gasteiger partial charge is 0.397 e. The van der Waals surface area contributed by atoms with E-state index in [-0.39, 0.29) is 43.5 Å². The fourth-order valence-electron chi connectivity index (χ4n) is 3.08. The van der Waals surface area contributed by atoms with Crippen molar-refractivity contribution in [2.24, 2.45) is 5.73 Å². The molecule has 0 aliphatic heterocycles. The minimum absolute atomic E-state index is 0. The van der Waals surface area contributed by atoms with Crippen LogP contribution in [-0.4, -0.2) is 70.3 Å². The van der Waals surface area contributed by atoms with Gasteiger partial charge in [-0.25, -0.2) is 14.4 Å². The van der Waals surface area contributed by atoms with Crippen LogP contribution in [0, 0.1) is 0 Å². The summed E-state index contributed by atoms with van der Waals surface area (Å²) in [6.45, 7) is 0.185. The molecule has 34 heavy (non-hydrogen) atoms. The van der Waals surface area contributed by atoms with Crippen LogP contribution in [0.4, 0.5) is 31.4 Å². The standard InChI is InChI=1S/C21H26N8O4.ClH/c1-24(8-7-18(23)30)19(31)28-10-5-16(13-28)26(3)21(33)29-11-6-17(14-29)25(2)20(32)27-9-4-15(22)12-27;/h4-6,9-14H,7-8,22H2,1-3H3,(H2,23,30);1H. The summed E-state index contributed by atoms with van der Waals surface area (Å²) in [4.78, 5) is 53.0. The van der Waals surface area contributed by atoms with Gasteiger partial charge in [-0.1, -0.05) is 0 Å². The first kappa shape index (κ1) is 26.1. The Kier molecular flexibility index (Phi) is 8.14. The molecule has 3 rings (SSSR count). The molecule has 0 saturated carbocycles. The molecule has 182 valence electrons. The van der Waals surface area contributed by atoms with Crippen molar-refractivity contribution in [1.29, 1.82) is 0 Å². The molecule has 0 atom stereocenters. The topological polar surface area (TPSA) is 145 Å². The zero-order valence-corrected chi connectivity index (χ0v) is 19.8. The van der Waals surface area contributed by atoms with E-state index in [4.69, 9.17) is 11.5 Å². The Morgan fingerprint density at radius 2 is 1.21 bits per heavy atom. The summed E-state index contributed by atoms with van der Waals surface area (Å²) in [6.07, 6.45) is 9.23. The van der Waals surface area contributed by atoms with Crippen LogP contribution < -0.4 is 21.3 Å². The van der Waals surface area contributed by atoms with E-state index in [0.717, 1.165) is 0 Å². The lowest BCUT2D eigenvalue weighted by Crippen LogP contribution is -2.33. The Bertz CT molecular complexity index is 1200. The second kappa shape index (κ2) is 10.6. The van der Waals surface area contributed by atoms with Gasteiger partial charge in [0.25, 0.3) is 0 Å². The first-order chi connectivity index (χ1) is 15.6. The van der Waals surface area contributed by atoms with Crippen molar-refractivity contribution >= 4 is 53.5 Å². The van der Waals surface area contributed by atoms with Gasteiger partial charge in [0.1, 0.15) is 0 Å². The Balaban J connectivity index is 0.00000408. The van der Waals surface area contributed by atoms with Gasteiger partial charge in [0.15, 0.2) is 0 Å². The van der Waals surface area contributed by atoms with Crippen LogP contribution in [0.5, 0.6) is 0 Å². The smallest absolute Gasteiger partial charge is 0.332 e. The van der Waals surface area contributed by atoms with Gasteiger partial charge in [-0.15, -0.1) is 12.4 Å². The maximum atomic E-state index is 12.9. The van der Waals surface area contributed by atoms with E-state index in [9.17, 15) is 19.2 Å². The Morgan fingerprint density at radius 3 is 1.65 bits per heavy atom. The van der Waals surface area contributed by atoms with Crippen molar-refractivity contribution in [3.63, 3.8) is 0 Å². The van der Waals surface area contributed by atoms with Gasteiger partial charge in [0, 0.05) is 77.0 Å². The van der Waals surface area contributed by atoms with Gasteiger partial charge in [-0.05, 0) is 18.2 Å². The summed E-state index contributed by atoms with van der Waals surface area (Å²) in [5.74, 6) is -0.496. The zero-order valence-electron chi connectivity index (χ0n) is 19.0. The molecule has 0 saturated heterocycles. The van der Waals surface area contributed by atoms with E-state index in [1.165, 1.54) is 53.2 Å². The lowest BCUT2D eigenvalue weighted by atomic mass is 10.4. The Morgan fingerprint density at radius 1 is 0.765 bits per heavy atom. The number of rotatable bonds is 5. The number of carbonyl (C=O) groups excluding carboxylic acids is 4. The highest BCUT2D eigenvalue weighted by molar-refractivity contribution is 5.96. The summed E-state index contributed by atoms with van der Waals surface area (Å²) in [7, 11) is 4.72. The van der Waals surface area contributed by atoms with E-state index in [1.54, 1.807) is 51.7 Å². The van der Waals surface area contributed by atoms with Crippen LogP contribution in [0.1, 0.15) is 6.42 Å². The van der Waals surface area contributed by atoms with Crippen molar-refractivity contribution in [3.05, 3.63) is 55.4 Å². The molecule has 3 aromatic rings. The second-order valence-electron chi connectivity index (χ2n) is 7.51. The molecule has 13 heteroatoms. The van der Waals surface area contributed by atoms with E-state index < -0.39 is 5.91 Å². The summed E-state index contributed by atoms with van der Waals surface area (Å²) in [6, 6.07) is 3.79. The van der Waals surface area contributed by atoms with Crippen LogP contribution in [0.2, 0.25) is 0 Å². The number of nitrogens with two attached hydrogens (primary N) is 2. The quantitative estimate of drug-likeness (QED) is 0.562. The van der Waals surface area contributed by atoms with Crippen LogP contribution in [0.25, 0.3) is 0 Å². The highest BCUT2D eigenvalue weighted by Crippen LogP contribution is 2.19. The third kappa shape index (κ3) is 5.59. The first-order valence-electron chi connectivity index (χ1n) is 9.98. The summed E-state index contributed by atoms with van der Waals surface area (Å²) in [5, 5.41) is 0. The van der Waals surface area contributed by atoms with Crippen molar-refractivity contribution < 1.29 is 19.2 Å². The number of primary amides is 1. The molecule has 0 bridgehead atoms. The van der Waals surface area contributed by atoms with E-state index in [2.05, 4.69) is 0 Å². The van der Waals surface area contributed by atoms with Crippen LogP contribution in [-0.2, 0) is 4.79 Å². The predicted octanol–water partition coefficient (Wildman–Crippen LogP) is 2.08. The number of aromatic nitrogens is 3. The van der Waals surface area contributed by atoms with Gasteiger partial charge in [-0.2, -0.15) is 0 Å². The number of carbonyl (C=O) groups is 4. The molecule has 0 unspecified atom stereocenters. The maximum Gasteiger partial charge on any atom is 0.332 e. The lowest BCUT2D eigenvalue weighted by molar-refractivity contribution is -0.118. The van der Waals surface area contributed by atoms with Crippen molar-refractivity contribution in [3.8, 4) is 0 Å². The molecule has 3 aromatic heterocycles. The van der Waals surface area contributed by atoms with Crippen molar-refractivity contribution in [1.82, 2.24) is 18.6 Å². The Hall–Kier alpha value is -4.19. The molecule has 0 fully saturated rings. The molecular weight excluding hydrogens is 464 g/mol. The number of nitrogens with zero attached hydrogens (tertiary/aromatic N) is 6. The van der Waals surface area contributed by atoms with E-state index in [1.807, 2.05) is 0 Å².